The molecule has 19 heavy (non-hydrogen) atoms. The number of amides is 1. The molecule has 0 heterocycles. The van der Waals surface area contributed by atoms with E-state index in [1.54, 1.807) is 0 Å². The van der Waals surface area contributed by atoms with E-state index in [4.69, 9.17) is 0 Å². The second-order valence-corrected chi connectivity index (χ2v) is 4.53. The lowest BCUT2D eigenvalue weighted by atomic mass is 9.94. The van der Waals surface area contributed by atoms with Crippen molar-refractivity contribution in [3.63, 3.8) is 0 Å². The van der Waals surface area contributed by atoms with Crippen LogP contribution in [-0.2, 0) is 4.79 Å². The zero-order valence-corrected chi connectivity index (χ0v) is 10.0. The lowest BCUT2D eigenvalue weighted by molar-refractivity contribution is -0.120. The maximum Gasteiger partial charge on any atom is 0.257 e. The molecule has 1 aliphatic carbocycles. The largest absolute Gasteiger partial charge is 0.349 e. The van der Waals surface area contributed by atoms with Crippen LogP contribution in [0.2, 0.25) is 0 Å². The van der Waals surface area contributed by atoms with Crippen molar-refractivity contribution < 1.29 is 22.8 Å². The molecule has 0 aromatic heterocycles. The summed E-state index contributed by atoms with van der Waals surface area (Å²) >= 11 is 0. The standard InChI is InChI=1S/C13H12F3NO2/c14-7-5-10(15)12(11(16)6-7)13(19)17-8-1-3-9(18)4-2-8/h5-6,8H,1-4H2,(H,17,19). The first-order valence-corrected chi connectivity index (χ1v) is 5.94. The van der Waals surface area contributed by atoms with E-state index in [1.165, 1.54) is 0 Å². The number of carbonyl (C=O) groups excluding carboxylic acids is 2. The Morgan fingerprint density at radius 2 is 1.63 bits per heavy atom. The monoisotopic (exact) mass is 271 g/mol. The highest BCUT2D eigenvalue weighted by atomic mass is 19.1. The van der Waals surface area contributed by atoms with Crippen LogP contribution in [0.15, 0.2) is 12.1 Å². The SMILES string of the molecule is O=C1CCC(NC(=O)c2c(F)cc(F)cc2F)CC1. The van der Waals surface area contributed by atoms with Crippen molar-refractivity contribution in [2.75, 3.05) is 0 Å². The minimum Gasteiger partial charge on any atom is -0.349 e. The number of nitrogens with one attached hydrogen (secondary N) is 1. The summed E-state index contributed by atoms with van der Waals surface area (Å²) in [7, 11) is 0. The van der Waals surface area contributed by atoms with Gasteiger partial charge in [0.2, 0.25) is 0 Å². The van der Waals surface area contributed by atoms with Crippen LogP contribution in [0.5, 0.6) is 0 Å². The molecule has 0 saturated heterocycles. The van der Waals surface area contributed by atoms with Gasteiger partial charge in [0.15, 0.2) is 0 Å². The Bertz CT molecular complexity index is 498. The van der Waals surface area contributed by atoms with Gasteiger partial charge >= 0.3 is 0 Å². The van der Waals surface area contributed by atoms with Gasteiger partial charge in [-0.05, 0) is 12.8 Å². The van der Waals surface area contributed by atoms with Crippen LogP contribution in [0.3, 0.4) is 0 Å². The third-order valence-corrected chi connectivity index (χ3v) is 3.11. The van der Waals surface area contributed by atoms with E-state index >= 15 is 0 Å². The van der Waals surface area contributed by atoms with Crippen molar-refractivity contribution in [1.29, 1.82) is 0 Å². The van der Waals surface area contributed by atoms with Crippen LogP contribution in [0.1, 0.15) is 36.0 Å². The minimum absolute atomic E-state index is 0.115. The topological polar surface area (TPSA) is 46.2 Å². The first kappa shape index (κ1) is 13.6. The zero-order chi connectivity index (χ0) is 14.0. The van der Waals surface area contributed by atoms with Crippen LogP contribution >= 0.6 is 0 Å². The number of Topliss-reactive ketones (excluding diaryl/α,β-unsaturated/α-hetero) is 1. The molecule has 0 spiro atoms. The van der Waals surface area contributed by atoms with E-state index in [0.717, 1.165) is 0 Å². The number of carbonyl (C=O) groups is 2. The predicted octanol–water partition coefficient (Wildman–Crippen LogP) is 2.35. The lowest BCUT2D eigenvalue weighted by Gasteiger charge is -2.22. The van der Waals surface area contributed by atoms with E-state index in [9.17, 15) is 22.8 Å². The molecule has 1 aromatic rings. The number of benzene rings is 1. The molecule has 0 radical (unpaired) electrons. The molecule has 2 rings (SSSR count). The van der Waals surface area contributed by atoms with Crippen LogP contribution in [0.25, 0.3) is 0 Å². The van der Waals surface area contributed by atoms with E-state index in [-0.39, 0.29) is 11.8 Å². The first-order valence-electron chi connectivity index (χ1n) is 5.94. The van der Waals surface area contributed by atoms with E-state index in [2.05, 4.69) is 5.32 Å². The van der Waals surface area contributed by atoms with Crippen LogP contribution in [-0.4, -0.2) is 17.7 Å². The second kappa shape index (κ2) is 5.42. The van der Waals surface area contributed by atoms with Crippen molar-refractivity contribution in [3.8, 4) is 0 Å². The molecule has 102 valence electrons. The fraction of sp³-hybridized carbons (Fsp3) is 0.385. The van der Waals surface area contributed by atoms with Gasteiger partial charge in [-0.1, -0.05) is 0 Å². The summed E-state index contributed by atoms with van der Waals surface area (Å²) in [5.74, 6) is -4.35. The Morgan fingerprint density at radius 1 is 1.11 bits per heavy atom. The van der Waals surface area contributed by atoms with Gasteiger partial charge in [0.1, 0.15) is 28.8 Å². The minimum atomic E-state index is -1.23. The molecule has 3 nitrogen and oxygen atoms in total. The molecule has 1 aromatic carbocycles. The fourth-order valence-electron chi connectivity index (χ4n) is 2.10. The number of rotatable bonds is 2. The maximum atomic E-state index is 13.4. The molecule has 0 bridgehead atoms. The number of ketones is 1. The number of halogens is 3. The molecule has 1 fully saturated rings. The van der Waals surface area contributed by atoms with Gasteiger partial charge < -0.3 is 5.32 Å². The summed E-state index contributed by atoms with van der Waals surface area (Å²) in [6, 6.07) is 0.638. The highest BCUT2D eigenvalue weighted by Crippen LogP contribution is 2.18. The lowest BCUT2D eigenvalue weighted by Crippen LogP contribution is -2.38. The summed E-state index contributed by atoms with van der Waals surface area (Å²) in [5.41, 5.74) is -0.793. The number of hydrogen-bond donors (Lipinski definition) is 1. The van der Waals surface area contributed by atoms with Gasteiger partial charge in [0.05, 0.1) is 0 Å². The Morgan fingerprint density at radius 3 is 2.16 bits per heavy atom. The molecule has 0 aliphatic heterocycles. The summed E-state index contributed by atoms with van der Waals surface area (Å²) in [6.07, 6.45) is 1.60. The average molecular weight is 271 g/mol. The average Bonchev–Trinajstić information content (AvgIpc) is 2.30. The summed E-state index contributed by atoms with van der Waals surface area (Å²) in [4.78, 5) is 22.8. The van der Waals surface area contributed by atoms with Gasteiger partial charge in [-0.25, -0.2) is 13.2 Å². The second-order valence-electron chi connectivity index (χ2n) is 4.53. The molecule has 1 amide bonds. The van der Waals surface area contributed by atoms with Crippen LogP contribution < -0.4 is 5.32 Å². The molecular formula is C13H12F3NO2. The smallest absolute Gasteiger partial charge is 0.257 e. The molecule has 1 aliphatic rings. The molecule has 0 atom stereocenters. The maximum absolute atomic E-state index is 13.4. The third kappa shape index (κ3) is 3.13. The molecular weight excluding hydrogens is 259 g/mol. The van der Waals surface area contributed by atoms with Gasteiger partial charge in [-0.3, -0.25) is 9.59 Å². The Balaban J connectivity index is 2.10. The van der Waals surface area contributed by atoms with Gasteiger partial charge in [-0.2, -0.15) is 0 Å². The Kier molecular flexibility index (Phi) is 3.87. The molecule has 1 N–H and O–H groups in total. The van der Waals surface area contributed by atoms with Gasteiger partial charge in [0, 0.05) is 31.0 Å². The highest BCUT2D eigenvalue weighted by Gasteiger charge is 2.24. The van der Waals surface area contributed by atoms with E-state index < -0.39 is 28.9 Å². The van der Waals surface area contributed by atoms with Crippen molar-refractivity contribution in [2.45, 2.75) is 31.7 Å². The van der Waals surface area contributed by atoms with Crippen LogP contribution in [0.4, 0.5) is 13.2 Å². The van der Waals surface area contributed by atoms with Crippen molar-refractivity contribution in [1.82, 2.24) is 5.32 Å². The summed E-state index contributed by atoms with van der Waals surface area (Å²) in [5, 5.41) is 2.46. The van der Waals surface area contributed by atoms with Gasteiger partial charge in [0.25, 0.3) is 5.91 Å². The quantitative estimate of drug-likeness (QED) is 0.897. The van der Waals surface area contributed by atoms with Crippen molar-refractivity contribution in [2.24, 2.45) is 0 Å². The van der Waals surface area contributed by atoms with Crippen LogP contribution in [0, 0.1) is 17.5 Å². The highest BCUT2D eigenvalue weighted by molar-refractivity contribution is 5.95. The molecule has 0 unspecified atom stereocenters. The molecule has 1 saturated carbocycles. The zero-order valence-electron chi connectivity index (χ0n) is 10.0. The summed E-state index contributed by atoms with van der Waals surface area (Å²) < 4.78 is 39.5. The predicted molar refractivity (Wildman–Crippen MR) is 61.0 cm³/mol. The molecule has 6 heteroatoms. The summed E-state index contributed by atoms with van der Waals surface area (Å²) in [6.45, 7) is 0. The number of hydrogen-bond acceptors (Lipinski definition) is 2. The first-order chi connectivity index (χ1) is 8.97. The third-order valence-electron chi connectivity index (χ3n) is 3.11. The Hall–Kier alpha value is -1.85. The van der Waals surface area contributed by atoms with E-state index in [1.807, 2.05) is 0 Å². The fourth-order valence-corrected chi connectivity index (χ4v) is 2.10. The van der Waals surface area contributed by atoms with Crippen molar-refractivity contribution >= 4 is 11.7 Å². The van der Waals surface area contributed by atoms with E-state index in [0.29, 0.717) is 37.8 Å². The Labute approximate surface area is 107 Å². The van der Waals surface area contributed by atoms with Crippen molar-refractivity contribution in [3.05, 3.63) is 35.1 Å². The van der Waals surface area contributed by atoms with Gasteiger partial charge in [-0.15, -0.1) is 0 Å². The normalized spacial score (nSPS) is 16.5.